The van der Waals surface area contributed by atoms with E-state index in [1.807, 2.05) is 71.8 Å². The topological polar surface area (TPSA) is 91.7 Å². The van der Waals surface area contributed by atoms with Crippen molar-refractivity contribution in [2.75, 3.05) is 33.3 Å². The summed E-state index contributed by atoms with van der Waals surface area (Å²) >= 11 is 1.43. The summed E-state index contributed by atoms with van der Waals surface area (Å²) in [6, 6.07) is 16.5. The van der Waals surface area contributed by atoms with Crippen LogP contribution in [0.3, 0.4) is 0 Å². The second-order valence-corrected chi connectivity index (χ2v) is 10.6. The lowest BCUT2D eigenvalue weighted by Crippen LogP contribution is -2.50. The number of amides is 2. The van der Waals surface area contributed by atoms with E-state index in [9.17, 15) is 14.4 Å². The van der Waals surface area contributed by atoms with Gasteiger partial charge in [0.1, 0.15) is 12.4 Å². The van der Waals surface area contributed by atoms with Gasteiger partial charge < -0.3 is 24.2 Å². The molecular formula is C30H32N4O5S. The van der Waals surface area contributed by atoms with Gasteiger partial charge in [-0.25, -0.2) is 9.79 Å². The molecule has 10 heteroatoms. The van der Waals surface area contributed by atoms with Crippen molar-refractivity contribution < 1.29 is 23.9 Å². The number of piperazine rings is 1. The lowest BCUT2D eigenvalue weighted by atomic mass is 9.93. The van der Waals surface area contributed by atoms with Gasteiger partial charge in [0.05, 0.1) is 30.8 Å². The van der Waals surface area contributed by atoms with E-state index in [1.165, 1.54) is 11.8 Å². The molecule has 1 fully saturated rings. The maximum Gasteiger partial charge on any atom is 0.338 e. The maximum atomic E-state index is 13.7. The zero-order valence-corrected chi connectivity index (χ0v) is 23.6. The second kappa shape index (κ2) is 12.0. The number of allylic oxidation sites excluding steroid dienone is 1. The highest BCUT2D eigenvalue weighted by Crippen LogP contribution is 2.47. The molecule has 1 atom stereocenters. The zero-order chi connectivity index (χ0) is 28.2. The first kappa shape index (κ1) is 27.5. The Balaban J connectivity index is 1.43. The number of hydrogen-bond acceptors (Lipinski definition) is 8. The average molecular weight is 561 g/mol. The van der Waals surface area contributed by atoms with Crippen molar-refractivity contribution in [3.63, 3.8) is 0 Å². The van der Waals surface area contributed by atoms with Crippen molar-refractivity contribution >= 4 is 34.7 Å². The molecule has 40 heavy (non-hydrogen) atoms. The smallest absolute Gasteiger partial charge is 0.338 e. The second-order valence-electron chi connectivity index (χ2n) is 9.76. The Hall–Kier alpha value is -4.05. The Morgan fingerprint density at radius 1 is 0.975 bits per heavy atom. The molecule has 0 bridgehead atoms. The molecule has 0 radical (unpaired) electrons. The van der Waals surface area contributed by atoms with E-state index in [0.29, 0.717) is 48.4 Å². The van der Waals surface area contributed by atoms with Crippen LogP contribution in [0.1, 0.15) is 37.4 Å². The maximum absolute atomic E-state index is 13.7. The van der Waals surface area contributed by atoms with Gasteiger partial charge in [-0.05, 0) is 24.0 Å². The molecule has 0 aromatic heterocycles. The van der Waals surface area contributed by atoms with Crippen molar-refractivity contribution in [3.8, 4) is 5.75 Å². The highest BCUT2D eigenvalue weighted by atomic mass is 32.2. The molecule has 208 valence electrons. The molecule has 1 saturated heterocycles. The number of ether oxygens (including phenoxy) is 2. The van der Waals surface area contributed by atoms with Crippen LogP contribution in [0.5, 0.6) is 5.75 Å². The van der Waals surface area contributed by atoms with Crippen LogP contribution >= 0.6 is 11.8 Å². The molecule has 2 aromatic rings. The number of hydrogen-bond donors (Lipinski definition) is 0. The van der Waals surface area contributed by atoms with Crippen LogP contribution in [0.2, 0.25) is 0 Å². The first-order chi connectivity index (χ1) is 19.4. The Labute approximate surface area is 238 Å². The molecule has 0 aliphatic carbocycles. The number of fused-ring (bicyclic) bond motifs is 1. The Bertz CT molecular complexity index is 1400. The predicted molar refractivity (Wildman–Crippen MR) is 153 cm³/mol. The minimum atomic E-state index is -0.587. The fourth-order valence-electron chi connectivity index (χ4n) is 5.16. The normalized spacial score (nSPS) is 18.7. The number of carbonyl (C=O) groups excluding carboxylic acids is 3. The van der Waals surface area contributed by atoms with Crippen LogP contribution in [0.25, 0.3) is 0 Å². The summed E-state index contributed by atoms with van der Waals surface area (Å²) in [5, 5.41) is 2.62. The highest BCUT2D eigenvalue weighted by Gasteiger charge is 2.42. The van der Waals surface area contributed by atoms with E-state index in [1.54, 1.807) is 23.8 Å². The number of benzene rings is 2. The van der Waals surface area contributed by atoms with Gasteiger partial charge in [-0.1, -0.05) is 60.3 Å². The molecule has 0 N–H and O–H groups in total. The summed E-state index contributed by atoms with van der Waals surface area (Å²) < 4.78 is 11.5. The van der Waals surface area contributed by atoms with E-state index in [4.69, 9.17) is 14.5 Å². The summed E-state index contributed by atoms with van der Waals surface area (Å²) in [6.07, 6.45) is 0.142. The summed E-state index contributed by atoms with van der Waals surface area (Å²) in [5.41, 5.74) is 3.38. The Morgan fingerprint density at radius 3 is 2.35 bits per heavy atom. The standard InChI is InChI=1S/C30H32N4O5S/c1-20-27(29(37)39-18-22-9-5-4-6-10-22)28(24-11-7-8-12-25(24)38-3)34-23(19-40-30(34)31-20)17-26(36)33-15-13-32(14-16-33)21(2)35/h4-12,19,28H,13-18H2,1-3H3. The first-order valence-corrected chi connectivity index (χ1v) is 14.1. The highest BCUT2D eigenvalue weighted by molar-refractivity contribution is 8.16. The minimum absolute atomic E-state index is 0.0182. The number of thioether (sulfide) groups is 1. The van der Waals surface area contributed by atoms with E-state index in [0.717, 1.165) is 16.8 Å². The van der Waals surface area contributed by atoms with Crippen molar-refractivity contribution in [1.82, 2.24) is 14.7 Å². The van der Waals surface area contributed by atoms with Crippen LogP contribution in [-0.4, -0.2) is 70.9 Å². The summed E-state index contributed by atoms with van der Waals surface area (Å²) in [7, 11) is 1.60. The van der Waals surface area contributed by atoms with Crippen molar-refractivity contribution in [3.05, 3.63) is 88.1 Å². The number of nitrogens with zero attached hydrogens (tertiary/aromatic N) is 4. The molecule has 2 aromatic carbocycles. The number of aliphatic imine (C=N–C) groups is 1. The Morgan fingerprint density at radius 2 is 1.65 bits per heavy atom. The summed E-state index contributed by atoms with van der Waals surface area (Å²) in [5.74, 6) is 0.139. The third kappa shape index (κ3) is 5.62. The first-order valence-electron chi connectivity index (χ1n) is 13.2. The number of amidine groups is 1. The van der Waals surface area contributed by atoms with Crippen LogP contribution in [-0.2, 0) is 25.7 Å². The van der Waals surface area contributed by atoms with Crippen molar-refractivity contribution in [1.29, 1.82) is 0 Å². The molecular weight excluding hydrogens is 528 g/mol. The molecule has 5 rings (SSSR count). The minimum Gasteiger partial charge on any atom is -0.496 e. The third-order valence-electron chi connectivity index (χ3n) is 7.28. The van der Waals surface area contributed by atoms with Crippen LogP contribution in [0, 0.1) is 0 Å². The molecule has 3 aliphatic rings. The number of rotatable bonds is 7. The molecule has 0 spiro atoms. The number of methoxy groups -OCH3 is 1. The molecule has 9 nitrogen and oxygen atoms in total. The Kier molecular flexibility index (Phi) is 8.25. The fraction of sp³-hybridized carbons (Fsp3) is 0.333. The summed E-state index contributed by atoms with van der Waals surface area (Å²) in [4.78, 5) is 49.0. The SMILES string of the molecule is COc1ccccc1C1C(C(=O)OCc2ccccc2)=C(C)N=C2SC=C(CC(=O)N3CCN(C(C)=O)CC3)N21. The number of carbonyl (C=O) groups is 3. The quantitative estimate of drug-likeness (QED) is 0.471. The van der Waals surface area contributed by atoms with E-state index >= 15 is 0 Å². The van der Waals surface area contributed by atoms with Gasteiger partial charge in [0.2, 0.25) is 11.8 Å². The lowest BCUT2D eigenvalue weighted by molar-refractivity contribution is -0.141. The third-order valence-corrected chi connectivity index (χ3v) is 8.17. The predicted octanol–water partition coefficient (Wildman–Crippen LogP) is 4.09. The van der Waals surface area contributed by atoms with Crippen LogP contribution in [0.15, 0.2) is 82.0 Å². The van der Waals surface area contributed by atoms with Gasteiger partial charge in [-0.2, -0.15) is 0 Å². The van der Waals surface area contributed by atoms with Crippen molar-refractivity contribution in [2.45, 2.75) is 32.9 Å². The molecule has 2 amide bonds. The fourth-order valence-corrected chi connectivity index (χ4v) is 6.12. The van der Waals surface area contributed by atoms with Gasteiger partial charge >= 0.3 is 5.97 Å². The molecule has 0 saturated carbocycles. The van der Waals surface area contributed by atoms with Crippen molar-refractivity contribution in [2.24, 2.45) is 4.99 Å². The van der Waals surface area contributed by atoms with E-state index < -0.39 is 12.0 Å². The lowest BCUT2D eigenvalue weighted by Gasteiger charge is -2.38. The van der Waals surface area contributed by atoms with Gasteiger partial charge in [0.15, 0.2) is 5.17 Å². The van der Waals surface area contributed by atoms with Gasteiger partial charge in [-0.3, -0.25) is 9.59 Å². The van der Waals surface area contributed by atoms with Gasteiger partial charge in [0, 0.05) is 44.4 Å². The number of para-hydroxylation sites is 1. The monoisotopic (exact) mass is 560 g/mol. The van der Waals surface area contributed by atoms with Gasteiger partial charge in [-0.15, -0.1) is 0 Å². The van der Waals surface area contributed by atoms with Crippen LogP contribution < -0.4 is 4.74 Å². The van der Waals surface area contributed by atoms with Gasteiger partial charge in [0.25, 0.3) is 0 Å². The van der Waals surface area contributed by atoms with E-state index in [2.05, 4.69) is 0 Å². The molecule has 3 aliphatic heterocycles. The van der Waals surface area contributed by atoms with E-state index in [-0.39, 0.29) is 24.8 Å². The largest absolute Gasteiger partial charge is 0.496 e. The molecule has 3 heterocycles. The molecule has 1 unspecified atom stereocenters. The number of esters is 1. The zero-order valence-electron chi connectivity index (χ0n) is 22.8. The van der Waals surface area contributed by atoms with Crippen LogP contribution in [0.4, 0.5) is 0 Å². The summed E-state index contributed by atoms with van der Waals surface area (Å²) in [6.45, 7) is 5.52. The average Bonchev–Trinajstić information content (AvgIpc) is 3.37.